The van der Waals surface area contributed by atoms with Crippen LogP contribution in [-0.2, 0) is 16.3 Å². The molecule has 31 heavy (non-hydrogen) atoms. The van der Waals surface area contributed by atoms with E-state index in [0.29, 0.717) is 19.7 Å². The molecule has 0 aromatic carbocycles. The summed E-state index contributed by atoms with van der Waals surface area (Å²) in [5.41, 5.74) is 0.168. The van der Waals surface area contributed by atoms with Crippen molar-refractivity contribution in [2.45, 2.75) is 38.5 Å². The van der Waals surface area contributed by atoms with Crippen LogP contribution in [0.25, 0.3) is 11.5 Å². The van der Waals surface area contributed by atoms with E-state index < -0.39 is 11.9 Å². The van der Waals surface area contributed by atoms with Gasteiger partial charge in [-0.3, -0.25) is 4.98 Å². The van der Waals surface area contributed by atoms with Gasteiger partial charge in [0.2, 0.25) is 0 Å². The Labute approximate surface area is 182 Å². The molecule has 4 rings (SSSR count). The van der Waals surface area contributed by atoms with E-state index in [0.717, 1.165) is 16.8 Å². The van der Waals surface area contributed by atoms with Crippen LogP contribution in [-0.4, -0.2) is 39.6 Å². The van der Waals surface area contributed by atoms with Gasteiger partial charge in [0, 0.05) is 29.6 Å². The summed E-state index contributed by atoms with van der Waals surface area (Å²) in [5, 5.41) is 2.81. The van der Waals surface area contributed by atoms with Gasteiger partial charge in [0.25, 0.3) is 0 Å². The number of halogens is 3. The number of hydrogen-bond acceptors (Lipinski definition) is 7. The molecule has 0 N–H and O–H groups in total. The molecule has 3 aromatic heterocycles. The predicted octanol–water partition coefficient (Wildman–Crippen LogP) is 4.89. The van der Waals surface area contributed by atoms with Crippen molar-refractivity contribution in [3.63, 3.8) is 0 Å². The zero-order chi connectivity index (χ0) is 22.2. The molecule has 0 aliphatic carbocycles. The van der Waals surface area contributed by atoms with Crippen LogP contribution in [0.5, 0.6) is 0 Å². The molecule has 6 nitrogen and oxygen atoms in total. The fourth-order valence-corrected chi connectivity index (χ4v) is 4.22. The van der Waals surface area contributed by atoms with E-state index >= 15 is 0 Å². The number of ether oxygens (including phenoxy) is 1. The summed E-state index contributed by atoms with van der Waals surface area (Å²) in [5.74, 6) is 0.140. The minimum absolute atomic E-state index is 0.0577. The number of thiazole rings is 1. The molecule has 3 aromatic rings. The van der Waals surface area contributed by atoms with Gasteiger partial charge in [-0.15, -0.1) is 11.3 Å². The van der Waals surface area contributed by atoms with E-state index in [1.807, 2.05) is 5.38 Å². The maximum Gasteiger partial charge on any atom is 0.433 e. The molecule has 1 unspecified atom stereocenters. The van der Waals surface area contributed by atoms with Gasteiger partial charge in [0.1, 0.15) is 22.6 Å². The average molecular weight is 450 g/mol. The van der Waals surface area contributed by atoms with Crippen molar-refractivity contribution in [2.75, 3.05) is 24.6 Å². The van der Waals surface area contributed by atoms with Gasteiger partial charge in [0.15, 0.2) is 11.5 Å². The zero-order valence-electron chi connectivity index (χ0n) is 17.3. The topological polar surface area (TPSA) is 64.0 Å². The fraction of sp³-hybridized carbons (Fsp3) is 0.429. The summed E-state index contributed by atoms with van der Waals surface area (Å²) in [4.78, 5) is 18.7. The third-order valence-electron chi connectivity index (χ3n) is 4.85. The number of anilines is 1. The van der Waals surface area contributed by atoms with Crippen LogP contribution >= 0.6 is 11.3 Å². The van der Waals surface area contributed by atoms with Gasteiger partial charge >= 0.3 is 6.18 Å². The van der Waals surface area contributed by atoms with E-state index in [1.165, 1.54) is 17.5 Å². The van der Waals surface area contributed by atoms with E-state index in [-0.39, 0.29) is 28.9 Å². The number of aromatic nitrogens is 4. The van der Waals surface area contributed by atoms with E-state index in [1.54, 1.807) is 23.1 Å². The van der Waals surface area contributed by atoms with Gasteiger partial charge < -0.3 is 9.64 Å². The second-order valence-electron chi connectivity index (χ2n) is 8.27. The normalized spacial score (nSPS) is 17.7. The van der Waals surface area contributed by atoms with E-state index in [9.17, 15) is 13.2 Å². The Morgan fingerprint density at radius 1 is 1.10 bits per heavy atom. The number of rotatable bonds is 3. The molecule has 10 heteroatoms. The predicted molar refractivity (Wildman–Crippen MR) is 112 cm³/mol. The number of hydrogen-bond donors (Lipinski definition) is 0. The number of pyridine rings is 1. The lowest BCUT2D eigenvalue weighted by Gasteiger charge is -2.33. The van der Waals surface area contributed by atoms with Gasteiger partial charge in [-0.2, -0.15) is 13.2 Å². The first kappa shape index (κ1) is 21.6. The van der Waals surface area contributed by atoms with Crippen molar-refractivity contribution in [3.8, 4) is 11.5 Å². The van der Waals surface area contributed by atoms with Gasteiger partial charge in [-0.1, -0.05) is 26.8 Å². The molecule has 1 atom stereocenters. The van der Waals surface area contributed by atoms with Crippen molar-refractivity contribution < 1.29 is 17.9 Å². The monoisotopic (exact) mass is 449 g/mol. The first-order chi connectivity index (χ1) is 14.6. The van der Waals surface area contributed by atoms with Crippen molar-refractivity contribution in [3.05, 3.63) is 52.2 Å². The maximum atomic E-state index is 13.5. The first-order valence-corrected chi connectivity index (χ1v) is 10.7. The molecule has 0 spiro atoms. The second-order valence-corrected chi connectivity index (χ2v) is 9.16. The summed E-state index contributed by atoms with van der Waals surface area (Å²) in [7, 11) is 0. The Balaban J connectivity index is 1.66. The third-order valence-corrected chi connectivity index (χ3v) is 5.79. The minimum Gasteiger partial charge on any atom is -0.367 e. The molecule has 0 radical (unpaired) electrons. The van der Waals surface area contributed by atoms with Crippen LogP contribution in [0.1, 0.15) is 43.3 Å². The zero-order valence-corrected chi connectivity index (χ0v) is 18.2. The number of morpholine rings is 1. The number of alkyl halides is 3. The molecule has 0 bridgehead atoms. The SMILES string of the molecule is CC(C)(C)c1csc(C2CN(c3cc(C(F)(F)F)nc(-c4ccccn4)n3)CCO2)n1. The Morgan fingerprint density at radius 3 is 2.55 bits per heavy atom. The van der Waals surface area contributed by atoms with Crippen LogP contribution in [0.3, 0.4) is 0 Å². The third kappa shape index (κ3) is 4.85. The standard InChI is InChI=1S/C21H22F3N5OS/c1-20(2,3)16-12-31-19(27-16)14-11-29(8-9-30-14)17-10-15(21(22,23)24)26-18(28-17)13-6-4-5-7-25-13/h4-7,10,12,14H,8-9,11H2,1-3H3. The van der Waals surface area contributed by atoms with Crippen LogP contribution < -0.4 is 4.90 Å². The lowest BCUT2D eigenvalue weighted by Crippen LogP contribution is -2.39. The highest BCUT2D eigenvalue weighted by atomic mass is 32.1. The fourth-order valence-electron chi connectivity index (χ4n) is 3.14. The molecule has 164 valence electrons. The van der Waals surface area contributed by atoms with Gasteiger partial charge in [-0.05, 0) is 12.1 Å². The number of nitrogens with zero attached hydrogens (tertiary/aromatic N) is 5. The largest absolute Gasteiger partial charge is 0.433 e. The highest BCUT2D eigenvalue weighted by Crippen LogP contribution is 2.34. The van der Waals surface area contributed by atoms with Crippen molar-refractivity contribution in [1.29, 1.82) is 0 Å². The first-order valence-electron chi connectivity index (χ1n) is 9.81. The Hall–Kier alpha value is -2.59. The molecular weight excluding hydrogens is 427 g/mol. The maximum absolute atomic E-state index is 13.5. The van der Waals surface area contributed by atoms with Crippen molar-refractivity contribution >= 4 is 17.2 Å². The van der Waals surface area contributed by atoms with Crippen molar-refractivity contribution in [2.24, 2.45) is 0 Å². The quantitative estimate of drug-likeness (QED) is 0.567. The summed E-state index contributed by atoms with van der Waals surface area (Å²) >= 11 is 1.50. The summed E-state index contributed by atoms with van der Waals surface area (Å²) in [6.07, 6.45) is -3.43. The lowest BCUT2D eigenvalue weighted by molar-refractivity contribution is -0.141. The molecule has 1 aliphatic heterocycles. The van der Waals surface area contributed by atoms with Crippen LogP contribution in [0.15, 0.2) is 35.8 Å². The van der Waals surface area contributed by atoms with Crippen LogP contribution in [0.2, 0.25) is 0 Å². The average Bonchev–Trinajstić information content (AvgIpc) is 3.25. The second kappa shape index (κ2) is 8.16. The summed E-state index contributed by atoms with van der Waals surface area (Å²) in [6, 6.07) is 5.94. The molecule has 0 amide bonds. The Bertz CT molecular complexity index is 1050. The van der Waals surface area contributed by atoms with Crippen LogP contribution in [0.4, 0.5) is 19.0 Å². The van der Waals surface area contributed by atoms with Gasteiger partial charge in [-0.25, -0.2) is 15.0 Å². The minimum atomic E-state index is -4.59. The molecule has 1 saturated heterocycles. The van der Waals surface area contributed by atoms with Gasteiger partial charge in [0.05, 0.1) is 18.8 Å². The Kier molecular flexibility index (Phi) is 5.69. The smallest absolute Gasteiger partial charge is 0.367 e. The van der Waals surface area contributed by atoms with Crippen LogP contribution in [0, 0.1) is 0 Å². The molecular formula is C21H22F3N5OS. The molecule has 0 saturated carbocycles. The molecule has 1 fully saturated rings. The molecule has 4 heterocycles. The highest BCUT2D eigenvalue weighted by molar-refractivity contribution is 7.09. The molecule has 1 aliphatic rings. The summed E-state index contributed by atoms with van der Waals surface area (Å²) < 4.78 is 46.5. The highest BCUT2D eigenvalue weighted by Gasteiger charge is 2.35. The Morgan fingerprint density at radius 2 is 1.90 bits per heavy atom. The van der Waals surface area contributed by atoms with E-state index in [2.05, 4.69) is 35.7 Å². The summed E-state index contributed by atoms with van der Waals surface area (Å²) in [6.45, 7) is 7.38. The van der Waals surface area contributed by atoms with Crippen molar-refractivity contribution in [1.82, 2.24) is 19.9 Å². The van der Waals surface area contributed by atoms with E-state index in [4.69, 9.17) is 9.72 Å². The lowest BCUT2D eigenvalue weighted by atomic mass is 9.93.